The molecule has 0 unspecified atom stereocenters. The van der Waals surface area contributed by atoms with Gasteiger partial charge in [0, 0.05) is 49.0 Å². The van der Waals surface area contributed by atoms with Crippen LogP contribution in [-0.4, -0.2) is 46.9 Å². The number of aromatic nitrogens is 1. The monoisotopic (exact) mass is 503 g/mol. The van der Waals surface area contributed by atoms with Crippen LogP contribution in [0.2, 0.25) is 5.02 Å². The summed E-state index contributed by atoms with van der Waals surface area (Å²) in [4.78, 5) is 38.6. The van der Waals surface area contributed by atoms with Gasteiger partial charge in [-0.15, -0.1) is 0 Å². The Labute approximate surface area is 205 Å². The summed E-state index contributed by atoms with van der Waals surface area (Å²) in [6.07, 6.45) is 2.27. The predicted octanol–water partition coefficient (Wildman–Crippen LogP) is 3.40. The van der Waals surface area contributed by atoms with Gasteiger partial charge in [0.25, 0.3) is 5.91 Å². The van der Waals surface area contributed by atoms with Gasteiger partial charge < -0.3 is 19.9 Å². The van der Waals surface area contributed by atoms with E-state index in [1.165, 1.54) is 16.8 Å². The zero-order valence-electron chi connectivity index (χ0n) is 18.9. The molecule has 1 amide bonds. The van der Waals surface area contributed by atoms with Crippen LogP contribution < -0.4 is 10.7 Å². The van der Waals surface area contributed by atoms with Crippen LogP contribution in [0, 0.1) is 11.6 Å². The van der Waals surface area contributed by atoms with Crippen molar-refractivity contribution >= 4 is 23.8 Å². The number of pyridine rings is 1. The van der Waals surface area contributed by atoms with Gasteiger partial charge in [-0.05, 0) is 37.2 Å². The second-order valence-electron chi connectivity index (χ2n) is 8.02. The van der Waals surface area contributed by atoms with Gasteiger partial charge in [-0.25, -0.2) is 8.78 Å². The number of nitrogens with zero attached hydrogens (tertiary/aromatic N) is 2. The smallest absolute Gasteiger partial charge is 0.257 e. The zero-order valence-corrected chi connectivity index (χ0v) is 19.7. The number of hydrogen-bond acceptors (Lipinski definition) is 5. The Morgan fingerprint density at radius 3 is 2.66 bits per heavy atom. The van der Waals surface area contributed by atoms with Crippen LogP contribution in [0.5, 0.6) is 5.75 Å². The molecule has 3 aromatic rings. The molecular weight excluding hydrogens is 480 g/mol. The minimum atomic E-state index is -1.02. The standard InChI is InChI=1S/C25H24ClF2N3O4/c1-30(8-7-16-3-2-4-18(26)11-16)9-10-31-14-20(23(33)24(34)22(31)15-32)25(35)29-13-17-5-6-19(27)12-21(17)28/h2-6,11-12,14-15,34H,7-10,13H2,1H3,(H,29,35). The van der Waals surface area contributed by atoms with Crippen LogP contribution in [0.3, 0.4) is 0 Å². The lowest BCUT2D eigenvalue weighted by Crippen LogP contribution is -2.32. The molecule has 10 heteroatoms. The summed E-state index contributed by atoms with van der Waals surface area (Å²) in [6, 6.07) is 10.4. The van der Waals surface area contributed by atoms with E-state index in [4.69, 9.17) is 11.6 Å². The molecule has 3 rings (SSSR count). The Kier molecular flexibility index (Phi) is 8.73. The number of likely N-dealkylation sites (N-methyl/N-ethyl adjacent to an activating group) is 1. The van der Waals surface area contributed by atoms with Crippen molar-refractivity contribution in [2.45, 2.75) is 19.5 Å². The zero-order chi connectivity index (χ0) is 25.5. The number of hydrogen-bond donors (Lipinski definition) is 2. The molecule has 0 saturated heterocycles. The Balaban J connectivity index is 1.70. The molecule has 1 heterocycles. The fraction of sp³-hybridized carbons (Fsp3) is 0.240. The van der Waals surface area contributed by atoms with E-state index in [0.29, 0.717) is 30.5 Å². The van der Waals surface area contributed by atoms with Crippen molar-refractivity contribution in [3.8, 4) is 5.75 Å². The number of carbonyl (C=O) groups excluding carboxylic acids is 2. The minimum Gasteiger partial charge on any atom is -0.503 e. The number of halogens is 3. The van der Waals surface area contributed by atoms with Crippen molar-refractivity contribution in [1.29, 1.82) is 0 Å². The SMILES string of the molecule is CN(CCc1cccc(Cl)c1)CCn1cc(C(=O)NCc2ccc(F)cc2F)c(=O)c(O)c1C=O. The third-order valence-corrected chi connectivity index (χ3v) is 5.74. The van der Waals surface area contributed by atoms with Gasteiger partial charge >= 0.3 is 0 Å². The maximum absolute atomic E-state index is 13.8. The van der Waals surface area contributed by atoms with E-state index in [1.54, 1.807) is 6.07 Å². The molecule has 0 bridgehead atoms. The van der Waals surface area contributed by atoms with E-state index >= 15 is 0 Å². The average Bonchev–Trinajstić information content (AvgIpc) is 2.82. The van der Waals surface area contributed by atoms with Gasteiger partial charge in [-0.2, -0.15) is 0 Å². The highest BCUT2D eigenvalue weighted by molar-refractivity contribution is 6.30. The van der Waals surface area contributed by atoms with Gasteiger partial charge in [-0.1, -0.05) is 29.8 Å². The number of benzene rings is 2. The maximum atomic E-state index is 13.8. The molecule has 184 valence electrons. The summed E-state index contributed by atoms with van der Waals surface area (Å²) in [5, 5.41) is 13.3. The number of carbonyl (C=O) groups is 2. The largest absolute Gasteiger partial charge is 0.503 e. The van der Waals surface area contributed by atoms with E-state index in [1.807, 2.05) is 30.1 Å². The molecule has 2 aromatic carbocycles. The molecule has 2 N–H and O–H groups in total. The first-order valence-electron chi connectivity index (χ1n) is 10.8. The highest BCUT2D eigenvalue weighted by Gasteiger charge is 2.20. The predicted molar refractivity (Wildman–Crippen MR) is 128 cm³/mol. The number of nitrogens with one attached hydrogen (secondary N) is 1. The second kappa shape index (κ2) is 11.7. The highest BCUT2D eigenvalue weighted by Crippen LogP contribution is 2.14. The van der Waals surface area contributed by atoms with Crippen molar-refractivity contribution in [1.82, 2.24) is 14.8 Å². The van der Waals surface area contributed by atoms with Crippen LogP contribution in [0.25, 0.3) is 0 Å². The van der Waals surface area contributed by atoms with E-state index in [0.717, 1.165) is 18.1 Å². The van der Waals surface area contributed by atoms with Crippen molar-refractivity contribution in [3.05, 3.63) is 97.9 Å². The number of rotatable bonds is 10. The molecular formula is C25H24ClF2N3O4. The lowest BCUT2D eigenvalue weighted by atomic mass is 10.1. The summed E-state index contributed by atoms with van der Waals surface area (Å²) in [6.45, 7) is 1.04. The number of amides is 1. The lowest BCUT2D eigenvalue weighted by molar-refractivity contribution is 0.0946. The van der Waals surface area contributed by atoms with Gasteiger partial charge in [0.1, 0.15) is 22.9 Å². The Hall–Kier alpha value is -3.56. The molecule has 0 aliphatic rings. The summed E-state index contributed by atoms with van der Waals surface area (Å²) in [5.74, 6) is -3.31. The van der Waals surface area contributed by atoms with Gasteiger partial charge in [-0.3, -0.25) is 14.4 Å². The summed E-state index contributed by atoms with van der Waals surface area (Å²) in [7, 11) is 1.87. The summed E-state index contributed by atoms with van der Waals surface area (Å²) in [5.41, 5.74) is -0.586. The minimum absolute atomic E-state index is 0.0233. The van der Waals surface area contributed by atoms with Crippen LogP contribution in [0.15, 0.2) is 53.5 Å². The number of aromatic hydroxyl groups is 1. The molecule has 35 heavy (non-hydrogen) atoms. The normalized spacial score (nSPS) is 11.0. The Bertz CT molecular complexity index is 1300. The van der Waals surface area contributed by atoms with E-state index in [9.17, 15) is 28.3 Å². The van der Waals surface area contributed by atoms with Gasteiger partial charge in [0.2, 0.25) is 5.43 Å². The third kappa shape index (κ3) is 6.74. The Morgan fingerprint density at radius 2 is 1.97 bits per heavy atom. The summed E-state index contributed by atoms with van der Waals surface area (Å²) >= 11 is 6.01. The molecule has 0 fully saturated rings. The van der Waals surface area contributed by atoms with Gasteiger partial charge in [0.05, 0.1) is 0 Å². The van der Waals surface area contributed by atoms with E-state index in [-0.39, 0.29) is 24.3 Å². The highest BCUT2D eigenvalue weighted by atomic mass is 35.5. The molecule has 0 spiro atoms. The molecule has 0 saturated carbocycles. The van der Waals surface area contributed by atoms with Crippen LogP contribution in [-0.2, 0) is 19.5 Å². The van der Waals surface area contributed by atoms with Crippen LogP contribution >= 0.6 is 11.6 Å². The molecule has 0 aliphatic carbocycles. The molecule has 7 nitrogen and oxygen atoms in total. The molecule has 0 atom stereocenters. The first-order valence-corrected chi connectivity index (χ1v) is 11.1. The quantitative estimate of drug-likeness (QED) is 0.414. The van der Waals surface area contributed by atoms with Gasteiger partial charge in [0.15, 0.2) is 12.0 Å². The van der Waals surface area contributed by atoms with E-state index < -0.39 is 34.3 Å². The van der Waals surface area contributed by atoms with Crippen molar-refractivity contribution in [2.75, 3.05) is 20.1 Å². The molecule has 1 aromatic heterocycles. The third-order valence-electron chi connectivity index (χ3n) is 5.50. The van der Waals surface area contributed by atoms with Crippen LogP contribution in [0.1, 0.15) is 32.0 Å². The number of aldehydes is 1. The van der Waals surface area contributed by atoms with Crippen LogP contribution in [0.4, 0.5) is 8.78 Å². The summed E-state index contributed by atoms with van der Waals surface area (Å²) < 4.78 is 28.2. The van der Waals surface area contributed by atoms with E-state index in [2.05, 4.69) is 5.32 Å². The fourth-order valence-corrected chi connectivity index (χ4v) is 3.69. The second-order valence-corrected chi connectivity index (χ2v) is 8.46. The fourth-order valence-electron chi connectivity index (χ4n) is 3.47. The topological polar surface area (TPSA) is 91.6 Å². The molecule has 0 aliphatic heterocycles. The van der Waals surface area contributed by atoms with Crippen molar-refractivity contribution in [3.63, 3.8) is 0 Å². The van der Waals surface area contributed by atoms with Crippen molar-refractivity contribution < 1.29 is 23.5 Å². The Morgan fingerprint density at radius 1 is 1.20 bits per heavy atom. The lowest BCUT2D eigenvalue weighted by Gasteiger charge is -2.19. The first-order chi connectivity index (χ1) is 16.7. The average molecular weight is 504 g/mol. The molecule has 0 radical (unpaired) electrons. The van der Waals surface area contributed by atoms with Crippen molar-refractivity contribution in [2.24, 2.45) is 0 Å². The maximum Gasteiger partial charge on any atom is 0.257 e. The first kappa shape index (κ1) is 26.1.